The summed E-state index contributed by atoms with van der Waals surface area (Å²) in [5, 5.41) is 12.9. The molecule has 0 spiro atoms. The first-order valence-electron chi connectivity index (χ1n) is 7.25. The summed E-state index contributed by atoms with van der Waals surface area (Å²) in [7, 11) is 0. The van der Waals surface area contributed by atoms with Crippen molar-refractivity contribution in [1.29, 1.82) is 0 Å². The highest BCUT2D eigenvalue weighted by molar-refractivity contribution is 5.80. The molecule has 2 N–H and O–H groups in total. The minimum Gasteiger partial charge on any atom is -0.480 e. The summed E-state index contributed by atoms with van der Waals surface area (Å²) in [6.45, 7) is 5.15. The van der Waals surface area contributed by atoms with E-state index in [1.165, 1.54) is 0 Å². The third kappa shape index (κ3) is 4.16. The number of hydrogen-bond acceptors (Lipinski definition) is 4. The Morgan fingerprint density at radius 1 is 1.32 bits per heavy atom. The maximum Gasteiger partial charge on any atom is 0.326 e. The Bertz CT molecular complexity index is 313. The standard InChI is InChI=1S/C14H25NO4/c1-10(2)19-8-7-18-9-14(13(16)17,11-3-4-11)15-12-5-6-12/h10-12,15H,3-9H2,1-2H3,(H,16,17). The van der Waals surface area contributed by atoms with Crippen molar-refractivity contribution >= 4 is 5.97 Å². The molecule has 1 unspecified atom stereocenters. The van der Waals surface area contributed by atoms with E-state index in [-0.39, 0.29) is 18.6 Å². The monoisotopic (exact) mass is 271 g/mol. The van der Waals surface area contributed by atoms with E-state index < -0.39 is 11.5 Å². The van der Waals surface area contributed by atoms with Gasteiger partial charge in [0.05, 0.1) is 25.9 Å². The Morgan fingerprint density at radius 3 is 2.47 bits per heavy atom. The lowest BCUT2D eigenvalue weighted by molar-refractivity contribution is -0.149. The van der Waals surface area contributed by atoms with Crippen LogP contribution >= 0.6 is 0 Å². The van der Waals surface area contributed by atoms with Crippen LogP contribution in [0.4, 0.5) is 0 Å². The molecule has 110 valence electrons. The molecule has 2 fully saturated rings. The van der Waals surface area contributed by atoms with Gasteiger partial charge in [0.15, 0.2) is 0 Å². The summed E-state index contributed by atoms with van der Waals surface area (Å²) < 4.78 is 11.0. The molecule has 2 aliphatic rings. The highest BCUT2D eigenvalue weighted by Gasteiger charge is 2.53. The molecule has 2 aliphatic carbocycles. The molecule has 5 nitrogen and oxygen atoms in total. The Hall–Kier alpha value is -0.650. The van der Waals surface area contributed by atoms with Crippen molar-refractivity contribution < 1.29 is 19.4 Å². The number of nitrogens with one attached hydrogen (secondary N) is 1. The first-order chi connectivity index (χ1) is 9.04. The minimum atomic E-state index is -0.876. The van der Waals surface area contributed by atoms with Gasteiger partial charge in [0.2, 0.25) is 0 Å². The van der Waals surface area contributed by atoms with Crippen LogP contribution < -0.4 is 5.32 Å². The zero-order valence-corrected chi connectivity index (χ0v) is 11.9. The van der Waals surface area contributed by atoms with Crippen molar-refractivity contribution in [3.05, 3.63) is 0 Å². The van der Waals surface area contributed by atoms with Crippen LogP contribution in [-0.2, 0) is 14.3 Å². The van der Waals surface area contributed by atoms with Crippen LogP contribution in [0, 0.1) is 5.92 Å². The van der Waals surface area contributed by atoms with Crippen LogP contribution in [0.25, 0.3) is 0 Å². The van der Waals surface area contributed by atoms with Crippen molar-refractivity contribution in [2.24, 2.45) is 5.92 Å². The summed E-state index contributed by atoms with van der Waals surface area (Å²) in [4.78, 5) is 11.7. The van der Waals surface area contributed by atoms with Crippen molar-refractivity contribution in [3.8, 4) is 0 Å². The predicted octanol–water partition coefficient (Wildman–Crippen LogP) is 1.41. The van der Waals surface area contributed by atoms with Gasteiger partial charge in [0.1, 0.15) is 5.54 Å². The van der Waals surface area contributed by atoms with Crippen LogP contribution in [0.1, 0.15) is 39.5 Å². The molecule has 1 atom stereocenters. The molecule has 0 heterocycles. The third-order valence-electron chi connectivity index (χ3n) is 3.70. The number of rotatable bonds is 10. The van der Waals surface area contributed by atoms with Crippen LogP contribution in [-0.4, -0.2) is 48.6 Å². The topological polar surface area (TPSA) is 67.8 Å². The van der Waals surface area contributed by atoms with Crippen molar-refractivity contribution in [3.63, 3.8) is 0 Å². The Morgan fingerprint density at radius 2 is 2.00 bits per heavy atom. The first-order valence-corrected chi connectivity index (χ1v) is 7.25. The van der Waals surface area contributed by atoms with Crippen LogP contribution in [0.5, 0.6) is 0 Å². The van der Waals surface area contributed by atoms with Gasteiger partial charge < -0.3 is 14.6 Å². The van der Waals surface area contributed by atoms with Gasteiger partial charge in [0.25, 0.3) is 0 Å². The maximum absolute atomic E-state index is 11.7. The van der Waals surface area contributed by atoms with Gasteiger partial charge in [-0.15, -0.1) is 0 Å². The fraction of sp³-hybridized carbons (Fsp3) is 0.929. The Kier molecular flexibility index (Phi) is 4.81. The number of carbonyl (C=O) groups is 1. The van der Waals surface area contributed by atoms with E-state index in [2.05, 4.69) is 5.32 Å². The normalized spacial score (nSPS) is 22.5. The molecule has 2 rings (SSSR count). The van der Waals surface area contributed by atoms with Gasteiger partial charge in [-0.3, -0.25) is 10.1 Å². The predicted molar refractivity (Wildman–Crippen MR) is 71.2 cm³/mol. The largest absolute Gasteiger partial charge is 0.480 e. The average Bonchev–Trinajstić information content (AvgIpc) is 3.19. The molecule has 0 aromatic rings. The molecule has 2 saturated carbocycles. The first kappa shape index (κ1) is 14.8. The minimum absolute atomic E-state index is 0.181. The Labute approximate surface area is 114 Å². The third-order valence-corrected chi connectivity index (χ3v) is 3.70. The van der Waals surface area contributed by atoms with Crippen LogP contribution in [0.3, 0.4) is 0 Å². The van der Waals surface area contributed by atoms with Crippen molar-refractivity contribution in [2.45, 2.75) is 57.2 Å². The van der Waals surface area contributed by atoms with E-state index in [4.69, 9.17) is 9.47 Å². The van der Waals surface area contributed by atoms with E-state index in [9.17, 15) is 9.90 Å². The van der Waals surface area contributed by atoms with Crippen LogP contribution in [0.2, 0.25) is 0 Å². The van der Waals surface area contributed by atoms with Gasteiger partial charge >= 0.3 is 5.97 Å². The number of aliphatic carboxylic acids is 1. The molecular formula is C14H25NO4. The van der Waals surface area contributed by atoms with E-state index in [1.807, 2.05) is 13.8 Å². The van der Waals surface area contributed by atoms with E-state index in [0.29, 0.717) is 19.3 Å². The zero-order chi connectivity index (χ0) is 13.9. The van der Waals surface area contributed by atoms with Crippen LogP contribution in [0.15, 0.2) is 0 Å². The molecule has 0 bridgehead atoms. The molecule has 5 heteroatoms. The fourth-order valence-electron chi connectivity index (χ4n) is 2.32. The Balaban J connectivity index is 1.80. The molecule has 0 saturated heterocycles. The van der Waals surface area contributed by atoms with Crippen molar-refractivity contribution in [2.75, 3.05) is 19.8 Å². The smallest absolute Gasteiger partial charge is 0.326 e. The number of ether oxygens (including phenoxy) is 2. The SMILES string of the molecule is CC(C)OCCOCC(NC1CC1)(C(=O)O)C1CC1. The summed E-state index contributed by atoms with van der Waals surface area (Å²) in [6.07, 6.45) is 4.31. The number of carboxylic acids is 1. The second-order valence-corrected chi connectivity index (χ2v) is 5.94. The summed E-state index contributed by atoms with van der Waals surface area (Å²) in [6, 6.07) is 0.368. The lowest BCUT2D eigenvalue weighted by Gasteiger charge is -2.30. The molecule has 0 aliphatic heterocycles. The summed E-state index contributed by atoms with van der Waals surface area (Å²) in [5.41, 5.74) is -0.876. The zero-order valence-electron chi connectivity index (χ0n) is 11.9. The summed E-state index contributed by atoms with van der Waals surface area (Å²) >= 11 is 0. The molecule has 0 amide bonds. The van der Waals surface area contributed by atoms with Gasteiger partial charge in [-0.2, -0.15) is 0 Å². The molecule has 19 heavy (non-hydrogen) atoms. The molecular weight excluding hydrogens is 246 g/mol. The van der Waals surface area contributed by atoms with Gasteiger partial charge in [-0.05, 0) is 45.4 Å². The lowest BCUT2D eigenvalue weighted by atomic mass is 9.94. The van der Waals surface area contributed by atoms with Crippen molar-refractivity contribution in [1.82, 2.24) is 5.32 Å². The summed E-state index contributed by atoms with van der Waals surface area (Å²) in [5.74, 6) is -0.553. The molecule has 0 aromatic heterocycles. The maximum atomic E-state index is 11.7. The number of hydrogen-bond donors (Lipinski definition) is 2. The highest BCUT2D eigenvalue weighted by atomic mass is 16.5. The molecule has 0 aromatic carbocycles. The second-order valence-electron chi connectivity index (χ2n) is 5.94. The fourth-order valence-corrected chi connectivity index (χ4v) is 2.32. The van der Waals surface area contributed by atoms with E-state index in [0.717, 1.165) is 25.7 Å². The van der Waals surface area contributed by atoms with Gasteiger partial charge in [0, 0.05) is 6.04 Å². The van der Waals surface area contributed by atoms with E-state index in [1.54, 1.807) is 0 Å². The van der Waals surface area contributed by atoms with E-state index >= 15 is 0 Å². The quantitative estimate of drug-likeness (QED) is 0.588. The van der Waals surface area contributed by atoms with Gasteiger partial charge in [-0.1, -0.05) is 0 Å². The highest BCUT2D eigenvalue weighted by Crippen LogP contribution is 2.42. The van der Waals surface area contributed by atoms with Gasteiger partial charge in [-0.25, -0.2) is 0 Å². The average molecular weight is 271 g/mol. The lowest BCUT2D eigenvalue weighted by Crippen LogP contribution is -2.58. The number of carboxylic acid groups (broad SMARTS) is 1. The molecule has 0 radical (unpaired) electrons. The second kappa shape index (κ2) is 6.20.